The fourth-order valence-electron chi connectivity index (χ4n) is 3.37. The predicted octanol–water partition coefficient (Wildman–Crippen LogP) is 3.82. The predicted molar refractivity (Wildman–Crippen MR) is 93.5 cm³/mol. The van der Waals surface area contributed by atoms with Crippen molar-refractivity contribution in [1.82, 2.24) is 9.97 Å². The molecule has 3 aromatic rings. The van der Waals surface area contributed by atoms with Gasteiger partial charge in [-0.2, -0.15) is 0 Å². The number of carbonyl (C=O) groups is 1. The van der Waals surface area contributed by atoms with Gasteiger partial charge in [0, 0.05) is 24.2 Å². The fraction of sp³-hybridized carbons (Fsp3) is 0.250. The quantitative estimate of drug-likeness (QED) is 0.732. The van der Waals surface area contributed by atoms with Gasteiger partial charge >= 0.3 is 0 Å². The number of hydrogen-bond donors (Lipinski definition) is 0. The Morgan fingerprint density at radius 2 is 2.00 bits per heavy atom. The summed E-state index contributed by atoms with van der Waals surface area (Å²) in [5, 5.41) is 0. The first-order chi connectivity index (χ1) is 12.3. The molecule has 1 saturated carbocycles. The second-order valence-corrected chi connectivity index (χ2v) is 6.58. The molecule has 0 saturated heterocycles. The summed E-state index contributed by atoms with van der Waals surface area (Å²) < 4.78 is 6.02. The van der Waals surface area contributed by atoms with E-state index in [4.69, 9.17) is 4.42 Å². The van der Waals surface area contributed by atoms with Gasteiger partial charge in [0.25, 0.3) is 5.91 Å². The summed E-state index contributed by atoms with van der Waals surface area (Å²) in [6.45, 7) is 0.664. The van der Waals surface area contributed by atoms with E-state index in [1.165, 1.54) is 0 Å². The van der Waals surface area contributed by atoms with E-state index in [9.17, 15) is 4.79 Å². The van der Waals surface area contributed by atoms with Gasteiger partial charge in [-0.3, -0.25) is 9.78 Å². The molecule has 3 heterocycles. The Hall–Kier alpha value is -2.95. The molecule has 0 spiro atoms. The van der Waals surface area contributed by atoms with E-state index in [1.807, 2.05) is 36.4 Å². The molecular formula is C20H17N3O2. The molecule has 0 unspecified atom stereocenters. The van der Waals surface area contributed by atoms with Gasteiger partial charge in [-0.1, -0.05) is 18.2 Å². The van der Waals surface area contributed by atoms with E-state index < -0.39 is 0 Å². The number of carbonyl (C=O) groups excluding carboxylic acids is 1. The van der Waals surface area contributed by atoms with Crippen LogP contribution in [0.15, 0.2) is 53.2 Å². The van der Waals surface area contributed by atoms with E-state index in [-0.39, 0.29) is 5.91 Å². The highest BCUT2D eigenvalue weighted by Gasteiger charge is 2.37. The van der Waals surface area contributed by atoms with E-state index in [0.29, 0.717) is 24.0 Å². The molecule has 5 heteroatoms. The van der Waals surface area contributed by atoms with Crippen LogP contribution in [-0.4, -0.2) is 22.4 Å². The molecule has 5 rings (SSSR count). The second-order valence-electron chi connectivity index (χ2n) is 6.58. The summed E-state index contributed by atoms with van der Waals surface area (Å²) in [6.07, 6.45) is 6.50. The van der Waals surface area contributed by atoms with Crippen LogP contribution in [0.4, 0.5) is 5.69 Å². The van der Waals surface area contributed by atoms with Gasteiger partial charge in [-0.15, -0.1) is 0 Å². The number of hydrogen-bond acceptors (Lipinski definition) is 4. The Labute approximate surface area is 145 Å². The summed E-state index contributed by atoms with van der Waals surface area (Å²) in [6, 6.07) is 11.7. The number of fused-ring (bicyclic) bond motifs is 1. The average Bonchev–Trinajstić information content (AvgIpc) is 3.27. The van der Waals surface area contributed by atoms with Crippen LogP contribution in [-0.2, 0) is 6.42 Å². The molecule has 124 valence electrons. The van der Waals surface area contributed by atoms with Crippen LogP contribution < -0.4 is 4.90 Å². The average molecular weight is 331 g/mol. The minimum Gasteiger partial charge on any atom is -0.440 e. The lowest BCUT2D eigenvalue weighted by Gasteiger charge is -2.15. The van der Waals surface area contributed by atoms with Crippen LogP contribution in [0.5, 0.6) is 0 Å². The Morgan fingerprint density at radius 1 is 1.16 bits per heavy atom. The van der Waals surface area contributed by atoms with Crippen molar-refractivity contribution in [3.63, 3.8) is 0 Å². The first-order valence-electron chi connectivity index (χ1n) is 8.62. The number of rotatable bonds is 3. The van der Waals surface area contributed by atoms with Crippen LogP contribution in [0.2, 0.25) is 0 Å². The zero-order valence-corrected chi connectivity index (χ0v) is 13.7. The highest BCUT2D eigenvalue weighted by molar-refractivity contribution is 6.07. The molecule has 0 atom stereocenters. The molecule has 2 aromatic heterocycles. The van der Waals surface area contributed by atoms with Crippen molar-refractivity contribution in [2.24, 2.45) is 0 Å². The van der Waals surface area contributed by atoms with Crippen molar-refractivity contribution in [3.8, 4) is 11.5 Å². The summed E-state index contributed by atoms with van der Waals surface area (Å²) in [4.78, 5) is 23.7. The molecule has 1 aromatic carbocycles. The Morgan fingerprint density at radius 3 is 2.80 bits per heavy atom. The molecule has 0 bridgehead atoms. The SMILES string of the molecule is O=C(c1nc(-c2ccccc2)oc1C1CC1)N1CCc2ccncc21. The van der Waals surface area contributed by atoms with Crippen molar-refractivity contribution < 1.29 is 9.21 Å². The van der Waals surface area contributed by atoms with Gasteiger partial charge < -0.3 is 9.32 Å². The molecule has 1 fully saturated rings. The lowest BCUT2D eigenvalue weighted by atomic mass is 10.2. The number of amides is 1. The highest BCUT2D eigenvalue weighted by atomic mass is 16.4. The molecular weight excluding hydrogens is 314 g/mol. The smallest absolute Gasteiger partial charge is 0.280 e. The third-order valence-corrected chi connectivity index (χ3v) is 4.85. The molecule has 25 heavy (non-hydrogen) atoms. The van der Waals surface area contributed by atoms with Crippen molar-refractivity contribution in [2.45, 2.75) is 25.2 Å². The summed E-state index contributed by atoms with van der Waals surface area (Å²) in [7, 11) is 0. The van der Waals surface area contributed by atoms with E-state index in [2.05, 4.69) is 9.97 Å². The largest absolute Gasteiger partial charge is 0.440 e. The Kier molecular flexibility index (Phi) is 3.20. The van der Waals surface area contributed by atoms with Crippen LogP contribution >= 0.6 is 0 Å². The maximum absolute atomic E-state index is 13.2. The first kappa shape index (κ1) is 14.4. The third kappa shape index (κ3) is 2.43. The second kappa shape index (κ2) is 5.55. The van der Waals surface area contributed by atoms with Crippen molar-refractivity contribution in [2.75, 3.05) is 11.4 Å². The minimum absolute atomic E-state index is 0.0837. The summed E-state index contributed by atoms with van der Waals surface area (Å²) in [5.74, 6) is 1.50. The monoisotopic (exact) mass is 331 g/mol. The van der Waals surface area contributed by atoms with Crippen molar-refractivity contribution in [1.29, 1.82) is 0 Å². The first-order valence-corrected chi connectivity index (χ1v) is 8.62. The molecule has 1 aliphatic carbocycles. The van der Waals surface area contributed by atoms with Gasteiger partial charge in [0.2, 0.25) is 5.89 Å². The fourth-order valence-corrected chi connectivity index (χ4v) is 3.37. The zero-order valence-electron chi connectivity index (χ0n) is 13.7. The standard InChI is InChI=1S/C20H17N3O2/c24-20(23-11-9-13-8-10-21-12-16(13)23)17-18(14-6-7-14)25-19(22-17)15-4-2-1-3-5-15/h1-5,8,10,12,14H,6-7,9,11H2. The van der Waals surface area contributed by atoms with Crippen molar-refractivity contribution in [3.05, 3.63) is 65.8 Å². The van der Waals surface area contributed by atoms with Crippen LogP contribution in [0, 0.1) is 0 Å². The molecule has 1 amide bonds. The van der Waals surface area contributed by atoms with Gasteiger partial charge in [0.05, 0.1) is 11.9 Å². The number of nitrogens with zero attached hydrogens (tertiary/aromatic N) is 3. The summed E-state index contributed by atoms with van der Waals surface area (Å²) >= 11 is 0. The maximum Gasteiger partial charge on any atom is 0.280 e. The molecule has 0 radical (unpaired) electrons. The molecule has 0 N–H and O–H groups in total. The molecule has 2 aliphatic rings. The van der Waals surface area contributed by atoms with E-state index in [1.54, 1.807) is 17.3 Å². The van der Waals surface area contributed by atoms with Gasteiger partial charge in [-0.05, 0) is 43.0 Å². The third-order valence-electron chi connectivity index (χ3n) is 4.85. The van der Waals surface area contributed by atoms with E-state index in [0.717, 1.165) is 41.8 Å². The van der Waals surface area contributed by atoms with Crippen molar-refractivity contribution >= 4 is 11.6 Å². The lowest BCUT2D eigenvalue weighted by molar-refractivity contribution is 0.0983. The lowest BCUT2D eigenvalue weighted by Crippen LogP contribution is -2.30. The molecule has 5 nitrogen and oxygen atoms in total. The van der Waals surface area contributed by atoms with Crippen LogP contribution in [0.25, 0.3) is 11.5 Å². The number of anilines is 1. The van der Waals surface area contributed by atoms with Gasteiger partial charge in [0.15, 0.2) is 5.69 Å². The van der Waals surface area contributed by atoms with Crippen LogP contribution in [0.1, 0.15) is 40.6 Å². The van der Waals surface area contributed by atoms with Gasteiger partial charge in [0.1, 0.15) is 5.76 Å². The Bertz CT molecular complexity index is 945. The van der Waals surface area contributed by atoms with Gasteiger partial charge in [-0.25, -0.2) is 4.98 Å². The number of oxazole rings is 1. The number of aromatic nitrogens is 2. The normalized spacial score (nSPS) is 16.1. The zero-order chi connectivity index (χ0) is 16.8. The maximum atomic E-state index is 13.2. The molecule has 1 aliphatic heterocycles. The van der Waals surface area contributed by atoms with Crippen LogP contribution in [0.3, 0.4) is 0 Å². The van der Waals surface area contributed by atoms with E-state index >= 15 is 0 Å². The summed E-state index contributed by atoms with van der Waals surface area (Å²) in [5.41, 5.74) is 3.40. The highest BCUT2D eigenvalue weighted by Crippen LogP contribution is 2.44. The Balaban J connectivity index is 1.55. The minimum atomic E-state index is -0.0837. The topological polar surface area (TPSA) is 59.2 Å². The number of pyridine rings is 1. The number of benzene rings is 1.